The molecule has 2 heterocycles. The Morgan fingerprint density at radius 3 is 2.56 bits per heavy atom. The van der Waals surface area contributed by atoms with Crippen LogP contribution in [0.15, 0.2) is 35.9 Å². The van der Waals surface area contributed by atoms with Crippen LogP contribution in [-0.2, 0) is 4.57 Å². The number of nitrogens with zero attached hydrogens (tertiary/aromatic N) is 2. The fraction of sp³-hybridized carbons (Fsp3) is 0.500. The van der Waals surface area contributed by atoms with Crippen LogP contribution in [0.1, 0.15) is 38.2 Å². The van der Waals surface area contributed by atoms with Gasteiger partial charge in [-0.3, -0.25) is 4.57 Å². The van der Waals surface area contributed by atoms with Crippen molar-refractivity contribution in [2.45, 2.75) is 50.1 Å². The van der Waals surface area contributed by atoms with E-state index in [1.165, 1.54) is 17.8 Å². The zero-order valence-electron chi connectivity index (χ0n) is 22.3. The summed E-state index contributed by atoms with van der Waals surface area (Å²) in [6, 6.07) is 2.01. The highest BCUT2D eigenvalue weighted by atomic mass is 32.2. The Kier molecular flexibility index (Phi) is 9.16. The summed E-state index contributed by atoms with van der Waals surface area (Å²) in [5.74, 6) is 0.568. The van der Waals surface area contributed by atoms with Crippen LogP contribution >= 0.6 is 26.7 Å². The molecule has 39 heavy (non-hydrogen) atoms. The van der Waals surface area contributed by atoms with Gasteiger partial charge in [-0.15, -0.1) is 11.8 Å². The number of benzene rings is 1. The van der Waals surface area contributed by atoms with Crippen LogP contribution in [0.3, 0.4) is 0 Å². The molecular weight excluding hydrogens is 563 g/mol. The molecule has 1 saturated heterocycles. The average molecular weight is 602 g/mol. The lowest BCUT2D eigenvalue weighted by atomic mass is 9.92. The third-order valence-corrected chi connectivity index (χ3v) is 12.6. The summed E-state index contributed by atoms with van der Waals surface area (Å²) in [4.78, 5) is 43.4. The van der Waals surface area contributed by atoms with Gasteiger partial charge in [0.1, 0.15) is 18.4 Å². The molecule has 1 aliphatic carbocycles. The lowest BCUT2D eigenvalue weighted by Gasteiger charge is -2.38. The maximum Gasteiger partial charge on any atom is 0.337 e. The third kappa shape index (κ3) is 6.68. The zero-order valence-corrected chi connectivity index (χ0v) is 25.0. The predicted molar refractivity (Wildman–Crippen MR) is 160 cm³/mol. The van der Waals surface area contributed by atoms with Gasteiger partial charge in [-0.25, -0.2) is 4.39 Å². The van der Waals surface area contributed by atoms with Crippen LogP contribution in [0.2, 0.25) is 0 Å². The number of anilines is 2. The minimum absolute atomic E-state index is 0.0817. The van der Waals surface area contributed by atoms with Crippen LogP contribution in [-0.4, -0.2) is 75.9 Å². The Labute approximate surface area is 233 Å². The highest BCUT2D eigenvalue weighted by Crippen LogP contribution is 2.61. The van der Waals surface area contributed by atoms with Gasteiger partial charge in [0.2, 0.25) is 0 Å². The molecule has 4 rings (SSSR count). The van der Waals surface area contributed by atoms with Gasteiger partial charge in [0.25, 0.3) is 0 Å². The molecule has 0 aromatic heterocycles. The van der Waals surface area contributed by atoms with Crippen molar-refractivity contribution in [2.24, 2.45) is 0 Å². The van der Waals surface area contributed by atoms with Crippen LogP contribution < -0.4 is 19.9 Å². The molecule has 2 aliphatic heterocycles. The fourth-order valence-corrected chi connectivity index (χ4v) is 9.11. The van der Waals surface area contributed by atoms with Gasteiger partial charge in [0.05, 0.1) is 12.8 Å². The van der Waals surface area contributed by atoms with Crippen molar-refractivity contribution in [3.63, 3.8) is 0 Å². The van der Waals surface area contributed by atoms with E-state index in [9.17, 15) is 24.1 Å². The monoisotopic (exact) mass is 601 g/mol. The molecule has 1 saturated carbocycles. The first-order valence-corrected chi connectivity index (χ1v) is 17.5. The molecule has 0 bridgehead atoms. The van der Waals surface area contributed by atoms with Crippen molar-refractivity contribution in [3.8, 4) is 5.75 Å². The number of allylic oxidation sites excluding steroid dienone is 2. The normalized spacial score (nSPS) is 20.9. The number of nitrogens with one attached hydrogen (secondary N) is 1. The van der Waals surface area contributed by atoms with E-state index >= 15 is 4.39 Å². The van der Waals surface area contributed by atoms with Crippen molar-refractivity contribution in [3.05, 3.63) is 47.3 Å². The first-order chi connectivity index (χ1) is 18.2. The first kappa shape index (κ1) is 30.4. The Morgan fingerprint density at radius 2 is 2.00 bits per heavy atom. The second-order valence-corrected chi connectivity index (χ2v) is 16.0. The second kappa shape index (κ2) is 11.7. The number of halogens is 1. The minimum Gasteiger partial charge on any atom is -0.492 e. The highest BCUT2D eigenvalue weighted by Gasteiger charge is 2.39. The van der Waals surface area contributed by atoms with Crippen molar-refractivity contribution in [1.82, 2.24) is 5.32 Å². The Morgan fingerprint density at radius 1 is 1.31 bits per heavy atom. The minimum atomic E-state index is -4.71. The first-order valence-electron chi connectivity index (χ1n) is 12.9. The van der Waals surface area contributed by atoms with Crippen LogP contribution in [0, 0.1) is 5.82 Å². The summed E-state index contributed by atoms with van der Waals surface area (Å²) in [7, 11) is -7.10. The maximum atomic E-state index is 15.7. The maximum absolute atomic E-state index is 15.7. The number of fused-ring (bicyclic) bond motifs is 1. The molecule has 2 fully saturated rings. The number of methoxy groups -OCH3 is 1. The summed E-state index contributed by atoms with van der Waals surface area (Å²) < 4.78 is 33.3. The van der Waals surface area contributed by atoms with Crippen molar-refractivity contribution >= 4 is 49.9 Å². The van der Waals surface area contributed by atoms with Crippen molar-refractivity contribution in [1.29, 1.82) is 0 Å². The van der Waals surface area contributed by atoms with E-state index in [1.807, 2.05) is 11.1 Å². The predicted octanol–water partition coefficient (Wildman–Crippen LogP) is 4.31. The largest absolute Gasteiger partial charge is 0.492 e. The van der Waals surface area contributed by atoms with Gasteiger partial charge < -0.3 is 39.4 Å². The molecule has 13 heteroatoms. The van der Waals surface area contributed by atoms with Gasteiger partial charge in [-0.2, -0.15) is 0 Å². The smallest absolute Gasteiger partial charge is 0.337 e. The summed E-state index contributed by atoms with van der Waals surface area (Å²) in [5.41, 5.74) is 3.30. The van der Waals surface area contributed by atoms with Gasteiger partial charge in [-0.05, 0) is 50.0 Å². The van der Waals surface area contributed by atoms with Crippen LogP contribution in [0.25, 0.3) is 5.57 Å². The molecule has 5 N–H and O–H groups in total. The molecule has 2 atom stereocenters. The highest BCUT2D eigenvalue weighted by molar-refractivity contribution is 8.03. The number of thioether (sulfide) groups is 1. The topological polar surface area (TPSA) is 126 Å². The Balaban J connectivity index is 1.57. The Hall–Kier alpha value is -1.55. The number of hydrogen-bond donors (Lipinski definition) is 5. The molecule has 0 amide bonds. The molecular formula is C26H38FN3O6P2S. The lowest BCUT2D eigenvalue weighted by molar-refractivity contribution is 0.358. The fourth-order valence-electron chi connectivity index (χ4n) is 5.18. The summed E-state index contributed by atoms with van der Waals surface area (Å²) >= 11 is 1.38. The van der Waals surface area contributed by atoms with E-state index in [1.54, 1.807) is 7.11 Å². The third-order valence-electron chi connectivity index (χ3n) is 7.24. The van der Waals surface area contributed by atoms with Gasteiger partial charge in [0, 0.05) is 54.0 Å². The standard InChI is InChI=1S/C26H38FN3O6P2S/c1-16-14-29(11-10-28-16)25-22(27)13-20-17(2)21(15-30(19-8-9-19)24(20)26(25)36-4)18(3)39-12-6-7-23(37(5,31)32)38(33,34)35/h13,15-16,19,23,28,31-32H,2-3,5-12,14H2,1,4H3,(H2,33,34,35). The summed E-state index contributed by atoms with van der Waals surface area (Å²) in [6.07, 6.45) is 7.40. The molecule has 1 aromatic rings. The van der Waals surface area contributed by atoms with Crippen LogP contribution in [0.4, 0.5) is 15.8 Å². The van der Waals surface area contributed by atoms with E-state index < -0.39 is 20.3 Å². The summed E-state index contributed by atoms with van der Waals surface area (Å²) in [6.45, 7) is 12.6. The number of hydrogen-bond acceptors (Lipinski definition) is 8. The van der Waals surface area contributed by atoms with E-state index in [0.29, 0.717) is 52.7 Å². The Bertz CT molecular complexity index is 1250. The molecule has 0 spiro atoms. The van der Waals surface area contributed by atoms with E-state index in [-0.39, 0.29) is 24.3 Å². The lowest BCUT2D eigenvalue weighted by Crippen LogP contribution is -2.49. The van der Waals surface area contributed by atoms with Crippen molar-refractivity contribution < 1.29 is 33.3 Å². The van der Waals surface area contributed by atoms with Crippen molar-refractivity contribution in [2.75, 3.05) is 42.3 Å². The number of ether oxygens (including phenoxy) is 1. The van der Waals surface area contributed by atoms with E-state index in [0.717, 1.165) is 30.6 Å². The van der Waals surface area contributed by atoms with Gasteiger partial charge in [0.15, 0.2) is 11.6 Å². The SMILES string of the molecule is C=C(SCCCC(P(=C)(O)O)P(=O)(O)O)C1=CN(C2CC2)c2c(cc(F)c(N3CCNC(C)C3)c2OC)C1=C. The van der Waals surface area contributed by atoms with E-state index in [4.69, 9.17) is 4.74 Å². The van der Waals surface area contributed by atoms with Crippen LogP contribution in [0.5, 0.6) is 5.75 Å². The molecule has 2 unspecified atom stereocenters. The van der Waals surface area contributed by atoms with Gasteiger partial charge in [-0.1, -0.05) is 19.5 Å². The molecule has 3 aliphatic rings. The average Bonchev–Trinajstić information content (AvgIpc) is 3.67. The zero-order chi connectivity index (χ0) is 28.7. The second-order valence-electron chi connectivity index (χ2n) is 10.4. The number of rotatable bonds is 11. The molecule has 1 aromatic carbocycles. The molecule has 216 valence electrons. The molecule has 9 nitrogen and oxygen atoms in total. The molecule has 0 radical (unpaired) electrons. The number of piperazine rings is 1. The quantitative estimate of drug-likeness (QED) is 0.185. The van der Waals surface area contributed by atoms with E-state index in [2.05, 4.69) is 36.6 Å². The van der Waals surface area contributed by atoms with Gasteiger partial charge >= 0.3 is 7.60 Å². The summed E-state index contributed by atoms with van der Waals surface area (Å²) in [5, 5.41) is 1.81.